The summed E-state index contributed by atoms with van der Waals surface area (Å²) in [6, 6.07) is 7.08. The Balaban J connectivity index is 2.16. The maximum absolute atomic E-state index is 10.9. The largest absolute Gasteiger partial charge is 0.378 e. The smallest absolute Gasteiger partial charge is 0.293 e. The molecular weight excluding hydrogens is 286 g/mol. The fourth-order valence-electron chi connectivity index (χ4n) is 1.55. The number of benzene rings is 1. The summed E-state index contributed by atoms with van der Waals surface area (Å²) in [5, 5.41) is 22.8. The summed E-state index contributed by atoms with van der Waals surface area (Å²) in [4.78, 5) is 10.4. The third-order valence-corrected chi connectivity index (χ3v) is 3.36. The average Bonchev–Trinajstić information content (AvgIpc) is 3.08. The summed E-state index contributed by atoms with van der Waals surface area (Å²) < 4.78 is 0.663. The lowest BCUT2D eigenvalue weighted by Crippen LogP contribution is -2.14. The Bertz CT molecular complexity index is 506. The number of hydrogen-bond donors (Lipinski definition) is 1. The summed E-state index contributed by atoms with van der Waals surface area (Å²) in [6.07, 6.45) is 1.72. The van der Waals surface area contributed by atoms with Gasteiger partial charge in [0, 0.05) is 17.1 Å². The zero-order valence-electron chi connectivity index (χ0n) is 8.94. The second kappa shape index (κ2) is 4.34. The lowest BCUT2D eigenvalue weighted by molar-refractivity contribution is -0.384. The van der Waals surface area contributed by atoms with Crippen LogP contribution < -0.4 is 5.32 Å². The molecule has 0 bridgehead atoms. The summed E-state index contributed by atoms with van der Waals surface area (Å²) in [5.74, 6) is 0. The summed E-state index contributed by atoms with van der Waals surface area (Å²) in [5.41, 5.74) is 0.161. The minimum absolute atomic E-state index is 0.0214. The predicted octanol–water partition coefficient (Wildman–Crippen LogP) is 3.07. The first-order valence-corrected chi connectivity index (χ1v) is 5.95. The number of nitrogens with one attached hydrogen (secondary N) is 1. The highest BCUT2D eigenvalue weighted by atomic mass is 79.9. The quantitative estimate of drug-likeness (QED) is 0.684. The molecule has 0 aromatic heterocycles. The lowest BCUT2D eigenvalue weighted by atomic mass is 10.1. The van der Waals surface area contributed by atoms with Crippen LogP contribution in [0.25, 0.3) is 0 Å². The maximum atomic E-state index is 10.9. The van der Waals surface area contributed by atoms with Crippen LogP contribution in [0.15, 0.2) is 22.7 Å². The van der Waals surface area contributed by atoms with Crippen molar-refractivity contribution in [1.29, 1.82) is 5.26 Å². The van der Waals surface area contributed by atoms with Crippen molar-refractivity contribution in [3.63, 3.8) is 0 Å². The number of nitriles is 1. The third kappa shape index (κ3) is 2.56. The van der Waals surface area contributed by atoms with Gasteiger partial charge in [0.15, 0.2) is 0 Å². The molecule has 5 nitrogen and oxygen atoms in total. The summed E-state index contributed by atoms with van der Waals surface area (Å²) in [6.45, 7) is 0.464. The standard InChI is InChI=1S/C11H10BrN3O2/c12-8-1-2-9(10(5-8)15(16)17)14-7-11(6-13)3-4-11/h1-2,5,14H,3-4,7H2. The van der Waals surface area contributed by atoms with E-state index in [2.05, 4.69) is 27.3 Å². The number of hydrogen-bond acceptors (Lipinski definition) is 4. The van der Waals surface area contributed by atoms with Crippen molar-refractivity contribution >= 4 is 27.3 Å². The van der Waals surface area contributed by atoms with E-state index in [-0.39, 0.29) is 11.1 Å². The van der Waals surface area contributed by atoms with Gasteiger partial charge >= 0.3 is 0 Å². The first-order valence-electron chi connectivity index (χ1n) is 5.15. The van der Waals surface area contributed by atoms with Crippen LogP contribution in [-0.2, 0) is 0 Å². The van der Waals surface area contributed by atoms with E-state index in [4.69, 9.17) is 5.26 Å². The molecule has 88 valence electrons. The number of nitrogens with zero attached hydrogens (tertiary/aromatic N) is 2. The van der Waals surface area contributed by atoms with Crippen LogP contribution >= 0.6 is 15.9 Å². The molecule has 1 aliphatic carbocycles. The van der Waals surface area contributed by atoms with Crippen LogP contribution in [0, 0.1) is 26.9 Å². The Hall–Kier alpha value is -1.61. The number of anilines is 1. The van der Waals surface area contributed by atoms with E-state index >= 15 is 0 Å². The molecule has 2 rings (SSSR count). The molecule has 6 heteroatoms. The van der Waals surface area contributed by atoms with Crippen molar-refractivity contribution in [2.75, 3.05) is 11.9 Å². The topological polar surface area (TPSA) is 79.0 Å². The Morgan fingerprint density at radius 2 is 2.29 bits per heavy atom. The molecule has 1 saturated carbocycles. The van der Waals surface area contributed by atoms with Gasteiger partial charge in [-0.15, -0.1) is 0 Å². The molecule has 1 N–H and O–H groups in total. The van der Waals surface area contributed by atoms with Crippen LogP contribution in [0.4, 0.5) is 11.4 Å². The van der Waals surface area contributed by atoms with Crippen molar-refractivity contribution < 1.29 is 4.92 Å². The molecular formula is C11H10BrN3O2. The van der Waals surface area contributed by atoms with Gasteiger partial charge in [-0.05, 0) is 25.0 Å². The Kier molecular flexibility index (Phi) is 3.03. The van der Waals surface area contributed by atoms with Crippen molar-refractivity contribution in [2.45, 2.75) is 12.8 Å². The molecule has 0 saturated heterocycles. The van der Waals surface area contributed by atoms with Crippen LogP contribution in [0.5, 0.6) is 0 Å². The number of halogens is 1. The van der Waals surface area contributed by atoms with Crippen molar-refractivity contribution in [3.8, 4) is 6.07 Å². The number of nitro benzene ring substituents is 1. The van der Waals surface area contributed by atoms with Gasteiger partial charge in [0.25, 0.3) is 5.69 Å². The summed E-state index contributed by atoms with van der Waals surface area (Å²) >= 11 is 3.20. The molecule has 0 radical (unpaired) electrons. The second-order valence-electron chi connectivity index (χ2n) is 4.16. The molecule has 0 unspecified atom stereocenters. The van der Waals surface area contributed by atoms with E-state index in [1.165, 1.54) is 6.07 Å². The molecule has 1 aromatic carbocycles. The highest BCUT2D eigenvalue weighted by molar-refractivity contribution is 9.10. The molecule has 1 fully saturated rings. The van der Waals surface area contributed by atoms with E-state index in [0.29, 0.717) is 16.7 Å². The first kappa shape index (κ1) is 11.9. The first-order chi connectivity index (χ1) is 8.06. The minimum atomic E-state index is -0.432. The summed E-state index contributed by atoms with van der Waals surface area (Å²) in [7, 11) is 0. The molecule has 0 aliphatic heterocycles. The van der Waals surface area contributed by atoms with E-state index in [9.17, 15) is 10.1 Å². The van der Waals surface area contributed by atoms with Gasteiger partial charge in [-0.25, -0.2) is 0 Å². The minimum Gasteiger partial charge on any atom is -0.378 e. The third-order valence-electron chi connectivity index (χ3n) is 2.86. The molecule has 17 heavy (non-hydrogen) atoms. The molecule has 1 aliphatic rings. The Labute approximate surface area is 107 Å². The van der Waals surface area contributed by atoms with Gasteiger partial charge in [0.1, 0.15) is 5.69 Å². The molecule has 0 amide bonds. The van der Waals surface area contributed by atoms with Gasteiger partial charge < -0.3 is 5.32 Å². The van der Waals surface area contributed by atoms with E-state index in [0.717, 1.165) is 12.8 Å². The highest BCUT2D eigenvalue weighted by Crippen LogP contribution is 2.45. The Morgan fingerprint density at radius 3 is 2.82 bits per heavy atom. The average molecular weight is 296 g/mol. The monoisotopic (exact) mass is 295 g/mol. The van der Waals surface area contributed by atoms with Crippen molar-refractivity contribution in [2.24, 2.45) is 5.41 Å². The highest BCUT2D eigenvalue weighted by Gasteiger charge is 2.43. The van der Waals surface area contributed by atoms with Crippen LogP contribution in [0.2, 0.25) is 0 Å². The second-order valence-corrected chi connectivity index (χ2v) is 5.08. The van der Waals surface area contributed by atoms with E-state index < -0.39 is 4.92 Å². The number of nitro groups is 1. The molecule has 0 spiro atoms. The molecule has 1 aromatic rings. The van der Waals surface area contributed by atoms with Crippen LogP contribution in [0.3, 0.4) is 0 Å². The molecule has 0 atom stereocenters. The number of rotatable bonds is 4. The zero-order chi connectivity index (χ0) is 12.5. The van der Waals surface area contributed by atoms with Gasteiger partial charge in [-0.3, -0.25) is 10.1 Å². The normalized spacial score (nSPS) is 16.0. The molecule has 0 heterocycles. The predicted molar refractivity (Wildman–Crippen MR) is 66.6 cm³/mol. The van der Waals surface area contributed by atoms with Gasteiger partial charge in [0.05, 0.1) is 16.4 Å². The van der Waals surface area contributed by atoms with Gasteiger partial charge in [-0.1, -0.05) is 15.9 Å². The van der Waals surface area contributed by atoms with E-state index in [1.54, 1.807) is 12.1 Å². The van der Waals surface area contributed by atoms with Gasteiger partial charge in [0.2, 0.25) is 0 Å². The fraction of sp³-hybridized carbons (Fsp3) is 0.364. The van der Waals surface area contributed by atoms with Gasteiger partial charge in [-0.2, -0.15) is 5.26 Å². The fourth-order valence-corrected chi connectivity index (χ4v) is 1.90. The van der Waals surface area contributed by atoms with Crippen LogP contribution in [-0.4, -0.2) is 11.5 Å². The van der Waals surface area contributed by atoms with Crippen LogP contribution in [0.1, 0.15) is 12.8 Å². The lowest BCUT2D eigenvalue weighted by Gasteiger charge is -2.09. The maximum Gasteiger partial charge on any atom is 0.293 e. The van der Waals surface area contributed by atoms with E-state index in [1.807, 2.05) is 0 Å². The van der Waals surface area contributed by atoms with Crippen molar-refractivity contribution in [1.82, 2.24) is 0 Å². The SMILES string of the molecule is N#CC1(CNc2ccc(Br)cc2[N+](=O)[O-])CC1. The van der Waals surface area contributed by atoms with Crippen molar-refractivity contribution in [3.05, 3.63) is 32.8 Å². The zero-order valence-corrected chi connectivity index (χ0v) is 10.5. The Morgan fingerprint density at radius 1 is 1.59 bits per heavy atom.